The Hall–Kier alpha value is -1.00. The van der Waals surface area contributed by atoms with Gasteiger partial charge in [0.2, 0.25) is 5.91 Å². The summed E-state index contributed by atoms with van der Waals surface area (Å²) in [5.41, 5.74) is 6.75. The summed E-state index contributed by atoms with van der Waals surface area (Å²) in [6.07, 6.45) is 1.78. The minimum atomic E-state index is -0.255. The van der Waals surface area contributed by atoms with Crippen molar-refractivity contribution in [3.05, 3.63) is 29.8 Å². The molecule has 0 aliphatic rings. The smallest absolute Gasteiger partial charge is 0.234 e. The fraction of sp³-hybridized carbons (Fsp3) is 0.562. The first-order valence-electron chi connectivity index (χ1n) is 7.30. The Labute approximate surface area is 126 Å². The van der Waals surface area contributed by atoms with Crippen molar-refractivity contribution in [1.82, 2.24) is 5.32 Å². The van der Waals surface area contributed by atoms with Crippen LogP contribution in [0.5, 0.6) is 0 Å². The number of primary amides is 1. The van der Waals surface area contributed by atoms with Gasteiger partial charge < -0.3 is 11.1 Å². The van der Waals surface area contributed by atoms with E-state index in [1.807, 2.05) is 0 Å². The van der Waals surface area contributed by atoms with E-state index in [9.17, 15) is 4.79 Å². The SMILES string of the molecule is CCCNC(CCSc1ccc(C(C)C)cc1)C(N)=O. The molecule has 0 heterocycles. The van der Waals surface area contributed by atoms with Crippen molar-refractivity contribution in [2.24, 2.45) is 5.73 Å². The molecule has 1 amide bonds. The number of carbonyl (C=O) groups is 1. The molecule has 0 radical (unpaired) electrons. The number of carbonyl (C=O) groups excluding carboxylic acids is 1. The highest BCUT2D eigenvalue weighted by molar-refractivity contribution is 7.99. The topological polar surface area (TPSA) is 55.1 Å². The molecular weight excluding hydrogens is 268 g/mol. The predicted molar refractivity (Wildman–Crippen MR) is 87.1 cm³/mol. The lowest BCUT2D eigenvalue weighted by molar-refractivity contribution is -0.120. The lowest BCUT2D eigenvalue weighted by atomic mass is 10.0. The minimum Gasteiger partial charge on any atom is -0.368 e. The van der Waals surface area contributed by atoms with E-state index in [0.29, 0.717) is 5.92 Å². The fourth-order valence-corrected chi connectivity index (χ4v) is 2.82. The average molecular weight is 294 g/mol. The van der Waals surface area contributed by atoms with Crippen molar-refractivity contribution in [3.8, 4) is 0 Å². The van der Waals surface area contributed by atoms with E-state index < -0.39 is 0 Å². The zero-order valence-electron chi connectivity index (χ0n) is 12.7. The molecule has 1 aromatic carbocycles. The van der Waals surface area contributed by atoms with E-state index in [1.54, 1.807) is 11.8 Å². The van der Waals surface area contributed by atoms with Crippen LogP contribution in [0.4, 0.5) is 0 Å². The molecule has 0 saturated carbocycles. The third kappa shape index (κ3) is 5.97. The van der Waals surface area contributed by atoms with Gasteiger partial charge in [-0.3, -0.25) is 4.79 Å². The van der Waals surface area contributed by atoms with E-state index in [2.05, 4.69) is 50.4 Å². The molecule has 112 valence electrons. The van der Waals surface area contributed by atoms with Crippen LogP contribution in [0, 0.1) is 0 Å². The molecule has 0 fully saturated rings. The van der Waals surface area contributed by atoms with Crippen molar-refractivity contribution in [1.29, 1.82) is 0 Å². The minimum absolute atomic E-state index is 0.211. The van der Waals surface area contributed by atoms with Crippen LogP contribution in [-0.2, 0) is 4.79 Å². The molecule has 1 unspecified atom stereocenters. The summed E-state index contributed by atoms with van der Waals surface area (Å²) in [5.74, 6) is 1.20. The maximum absolute atomic E-state index is 11.3. The first-order chi connectivity index (χ1) is 9.54. The zero-order valence-corrected chi connectivity index (χ0v) is 13.5. The molecule has 0 bridgehead atoms. The van der Waals surface area contributed by atoms with E-state index in [1.165, 1.54) is 10.5 Å². The maximum Gasteiger partial charge on any atom is 0.234 e. The first-order valence-corrected chi connectivity index (χ1v) is 8.28. The fourth-order valence-electron chi connectivity index (χ4n) is 1.91. The monoisotopic (exact) mass is 294 g/mol. The van der Waals surface area contributed by atoms with Gasteiger partial charge in [0.25, 0.3) is 0 Å². The molecule has 0 aliphatic heterocycles. The maximum atomic E-state index is 11.3. The molecule has 4 heteroatoms. The Morgan fingerprint density at radius 3 is 2.45 bits per heavy atom. The highest BCUT2D eigenvalue weighted by Crippen LogP contribution is 2.22. The number of hydrogen-bond acceptors (Lipinski definition) is 3. The van der Waals surface area contributed by atoms with Crippen LogP contribution >= 0.6 is 11.8 Å². The molecule has 0 aromatic heterocycles. The Morgan fingerprint density at radius 2 is 1.95 bits per heavy atom. The molecule has 0 spiro atoms. The second-order valence-electron chi connectivity index (χ2n) is 5.27. The lowest BCUT2D eigenvalue weighted by Crippen LogP contribution is -2.41. The average Bonchev–Trinajstić information content (AvgIpc) is 2.42. The van der Waals surface area contributed by atoms with Crippen LogP contribution in [0.2, 0.25) is 0 Å². The molecule has 0 saturated heterocycles. The molecule has 20 heavy (non-hydrogen) atoms. The Balaban J connectivity index is 2.40. The lowest BCUT2D eigenvalue weighted by Gasteiger charge is -2.14. The third-order valence-electron chi connectivity index (χ3n) is 3.21. The number of benzene rings is 1. The van der Waals surface area contributed by atoms with E-state index >= 15 is 0 Å². The second kappa shape index (κ2) is 9.03. The molecule has 1 aromatic rings. The normalized spacial score (nSPS) is 12.6. The third-order valence-corrected chi connectivity index (χ3v) is 4.25. The zero-order chi connectivity index (χ0) is 15.0. The Morgan fingerprint density at radius 1 is 1.30 bits per heavy atom. The summed E-state index contributed by atoms with van der Waals surface area (Å²) in [5, 5.41) is 3.19. The number of thioether (sulfide) groups is 1. The van der Waals surface area contributed by atoms with Gasteiger partial charge in [0, 0.05) is 4.90 Å². The molecule has 1 rings (SSSR count). The number of amides is 1. The molecular formula is C16H26N2OS. The van der Waals surface area contributed by atoms with Crippen LogP contribution in [-0.4, -0.2) is 24.2 Å². The van der Waals surface area contributed by atoms with Gasteiger partial charge >= 0.3 is 0 Å². The van der Waals surface area contributed by atoms with Gasteiger partial charge in [-0.1, -0.05) is 32.9 Å². The van der Waals surface area contributed by atoms with E-state index in [0.717, 1.165) is 25.1 Å². The van der Waals surface area contributed by atoms with E-state index in [4.69, 9.17) is 5.73 Å². The van der Waals surface area contributed by atoms with Gasteiger partial charge in [0.15, 0.2) is 0 Å². The van der Waals surface area contributed by atoms with Gasteiger partial charge in [-0.05, 0) is 48.8 Å². The summed E-state index contributed by atoms with van der Waals surface area (Å²) in [7, 11) is 0. The van der Waals surface area contributed by atoms with Crippen molar-refractivity contribution in [2.45, 2.75) is 50.5 Å². The summed E-state index contributed by atoms with van der Waals surface area (Å²) in [6, 6.07) is 8.44. The number of nitrogens with one attached hydrogen (secondary N) is 1. The standard InChI is InChI=1S/C16H26N2OS/c1-4-10-18-15(16(17)19)9-11-20-14-7-5-13(6-8-14)12(2)3/h5-8,12,15,18H,4,9-11H2,1-3H3,(H2,17,19). The molecule has 0 aliphatic carbocycles. The molecule has 3 N–H and O–H groups in total. The molecule has 1 atom stereocenters. The van der Waals surface area contributed by atoms with Gasteiger partial charge in [-0.2, -0.15) is 0 Å². The summed E-state index contributed by atoms with van der Waals surface area (Å²) in [4.78, 5) is 12.6. The molecule has 3 nitrogen and oxygen atoms in total. The first kappa shape index (κ1) is 17.1. The van der Waals surface area contributed by atoms with Gasteiger partial charge in [0.05, 0.1) is 6.04 Å². The van der Waals surface area contributed by atoms with Crippen molar-refractivity contribution in [2.75, 3.05) is 12.3 Å². The van der Waals surface area contributed by atoms with Crippen molar-refractivity contribution < 1.29 is 4.79 Å². The Kier molecular flexibility index (Phi) is 7.70. The van der Waals surface area contributed by atoms with Crippen LogP contribution in [0.15, 0.2) is 29.2 Å². The summed E-state index contributed by atoms with van der Waals surface area (Å²) in [6.45, 7) is 7.30. The van der Waals surface area contributed by atoms with Gasteiger partial charge in [-0.25, -0.2) is 0 Å². The van der Waals surface area contributed by atoms with Crippen molar-refractivity contribution >= 4 is 17.7 Å². The van der Waals surface area contributed by atoms with Crippen LogP contribution < -0.4 is 11.1 Å². The Bertz CT molecular complexity index is 403. The predicted octanol–water partition coefficient (Wildman–Crippen LogP) is 3.15. The summed E-state index contributed by atoms with van der Waals surface area (Å²) < 4.78 is 0. The highest BCUT2D eigenvalue weighted by Gasteiger charge is 2.13. The number of hydrogen-bond donors (Lipinski definition) is 2. The van der Waals surface area contributed by atoms with Gasteiger partial charge in [-0.15, -0.1) is 11.8 Å². The largest absolute Gasteiger partial charge is 0.368 e. The number of nitrogens with two attached hydrogens (primary N) is 1. The van der Waals surface area contributed by atoms with Crippen LogP contribution in [0.1, 0.15) is 45.1 Å². The number of rotatable bonds is 9. The van der Waals surface area contributed by atoms with Crippen LogP contribution in [0.25, 0.3) is 0 Å². The quantitative estimate of drug-likeness (QED) is 0.688. The van der Waals surface area contributed by atoms with E-state index in [-0.39, 0.29) is 11.9 Å². The highest BCUT2D eigenvalue weighted by atomic mass is 32.2. The van der Waals surface area contributed by atoms with Gasteiger partial charge in [0.1, 0.15) is 0 Å². The second-order valence-corrected chi connectivity index (χ2v) is 6.44. The van der Waals surface area contributed by atoms with Crippen molar-refractivity contribution in [3.63, 3.8) is 0 Å². The van der Waals surface area contributed by atoms with Crippen LogP contribution in [0.3, 0.4) is 0 Å². The summed E-state index contributed by atoms with van der Waals surface area (Å²) >= 11 is 1.77.